The number of ether oxygens (including phenoxy) is 1. The third kappa shape index (κ3) is 4.66. The van der Waals surface area contributed by atoms with E-state index in [-0.39, 0.29) is 23.4 Å². The van der Waals surface area contributed by atoms with Gasteiger partial charge in [-0.1, -0.05) is 24.8 Å². The van der Waals surface area contributed by atoms with E-state index < -0.39 is 11.9 Å². The van der Waals surface area contributed by atoms with E-state index in [2.05, 4.69) is 21.9 Å². The molecular weight excluding hydrogens is 511 g/mol. The Balaban J connectivity index is 1.37. The van der Waals surface area contributed by atoms with Crippen molar-refractivity contribution in [3.63, 3.8) is 0 Å². The molecule has 3 heterocycles. The van der Waals surface area contributed by atoms with Gasteiger partial charge in [-0.2, -0.15) is 0 Å². The predicted molar refractivity (Wildman–Crippen MR) is 151 cm³/mol. The first-order chi connectivity index (χ1) is 19.3. The summed E-state index contributed by atoms with van der Waals surface area (Å²) in [6, 6.07) is 11.8. The first-order valence-corrected chi connectivity index (χ1v) is 13.3. The number of nitrogen functional groups attached to an aromatic ring is 1. The van der Waals surface area contributed by atoms with Crippen LogP contribution in [0.25, 0.3) is 33.4 Å². The van der Waals surface area contributed by atoms with Gasteiger partial charge in [0.2, 0.25) is 0 Å². The van der Waals surface area contributed by atoms with Crippen LogP contribution in [0.4, 0.5) is 20.7 Å². The molecule has 9 nitrogen and oxygen atoms in total. The van der Waals surface area contributed by atoms with Gasteiger partial charge < -0.3 is 25.3 Å². The predicted octanol–water partition coefficient (Wildman–Crippen LogP) is 5.52. The van der Waals surface area contributed by atoms with Crippen molar-refractivity contribution in [1.29, 1.82) is 0 Å². The molecule has 1 saturated carbocycles. The monoisotopic (exact) mass is 540 g/mol. The molecule has 6 rings (SSSR count). The third-order valence-corrected chi connectivity index (χ3v) is 7.56. The van der Waals surface area contributed by atoms with Crippen molar-refractivity contribution in [3.8, 4) is 28.1 Å². The van der Waals surface area contributed by atoms with Crippen molar-refractivity contribution < 1.29 is 18.7 Å². The van der Waals surface area contributed by atoms with Gasteiger partial charge in [-0.05, 0) is 67.0 Å². The molecule has 2 amide bonds. The molecule has 3 N–H and O–H groups in total. The van der Waals surface area contributed by atoms with Crippen LogP contribution in [-0.4, -0.2) is 44.5 Å². The van der Waals surface area contributed by atoms with Crippen LogP contribution in [0.15, 0.2) is 60.9 Å². The molecule has 1 saturated heterocycles. The number of amides is 2. The Kier molecular flexibility index (Phi) is 6.45. The van der Waals surface area contributed by atoms with Gasteiger partial charge in [0.15, 0.2) is 11.6 Å². The van der Waals surface area contributed by atoms with E-state index >= 15 is 4.39 Å². The van der Waals surface area contributed by atoms with Crippen molar-refractivity contribution in [2.75, 3.05) is 24.1 Å². The molecule has 2 aliphatic rings. The van der Waals surface area contributed by atoms with Crippen molar-refractivity contribution in [2.24, 2.45) is 13.0 Å². The number of aryl methyl sites for hydroxylation is 1. The summed E-state index contributed by atoms with van der Waals surface area (Å²) in [6.07, 6.45) is 4.66. The smallest absolute Gasteiger partial charge is 0.407 e. The highest BCUT2D eigenvalue weighted by Gasteiger charge is 2.29. The summed E-state index contributed by atoms with van der Waals surface area (Å²) < 4.78 is 22.5. The van der Waals surface area contributed by atoms with E-state index in [1.54, 1.807) is 11.0 Å². The number of halogens is 1. The maximum absolute atomic E-state index is 15.3. The average molecular weight is 541 g/mol. The fourth-order valence-corrected chi connectivity index (χ4v) is 5.23. The molecule has 0 radical (unpaired) electrons. The lowest BCUT2D eigenvalue weighted by Crippen LogP contribution is -2.30. The van der Waals surface area contributed by atoms with Crippen molar-refractivity contribution in [2.45, 2.75) is 25.7 Å². The lowest BCUT2D eigenvalue weighted by molar-refractivity contribution is -0.113. The molecule has 1 aliphatic heterocycles. The number of carbonyl (C=O) groups is 2. The van der Waals surface area contributed by atoms with Gasteiger partial charge in [0.1, 0.15) is 17.8 Å². The second-order valence-corrected chi connectivity index (χ2v) is 10.3. The van der Waals surface area contributed by atoms with Crippen LogP contribution in [0.2, 0.25) is 0 Å². The van der Waals surface area contributed by atoms with Crippen LogP contribution in [0.1, 0.15) is 25.7 Å². The molecule has 40 heavy (non-hydrogen) atoms. The van der Waals surface area contributed by atoms with Crippen LogP contribution in [0.5, 0.6) is 5.75 Å². The zero-order valence-electron chi connectivity index (χ0n) is 22.1. The van der Waals surface area contributed by atoms with E-state index in [1.807, 2.05) is 35.9 Å². The van der Waals surface area contributed by atoms with Crippen molar-refractivity contribution in [3.05, 3.63) is 66.8 Å². The van der Waals surface area contributed by atoms with Crippen LogP contribution < -0.4 is 15.8 Å². The number of rotatable bonds is 6. The fraction of sp³-hybridized carbons (Fsp3) is 0.267. The van der Waals surface area contributed by atoms with E-state index in [0.29, 0.717) is 46.5 Å². The van der Waals surface area contributed by atoms with E-state index in [4.69, 9.17) is 10.5 Å². The van der Waals surface area contributed by atoms with Crippen molar-refractivity contribution >= 4 is 34.5 Å². The molecule has 0 unspecified atom stereocenters. The fourth-order valence-electron chi connectivity index (χ4n) is 5.23. The number of likely N-dealkylation sites (tertiary alicyclic amines) is 1. The highest BCUT2D eigenvalue weighted by Crippen LogP contribution is 2.43. The second kappa shape index (κ2) is 10.1. The summed E-state index contributed by atoms with van der Waals surface area (Å²) in [5.41, 5.74) is 10.9. The SMILES string of the molecule is C=C(C(=O)Nc1ccc(-c2c(-c3ccc(OC(=O)N4CCCC4)c(F)c3)c3c(N)ncnc3n2C)cc1)C1CC1. The third-order valence-electron chi connectivity index (χ3n) is 7.56. The molecule has 10 heteroatoms. The summed E-state index contributed by atoms with van der Waals surface area (Å²) in [4.78, 5) is 35.1. The summed E-state index contributed by atoms with van der Waals surface area (Å²) >= 11 is 0. The zero-order chi connectivity index (χ0) is 28.0. The summed E-state index contributed by atoms with van der Waals surface area (Å²) in [5.74, 6) is -0.449. The van der Waals surface area contributed by atoms with Gasteiger partial charge in [0.05, 0.1) is 11.1 Å². The Morgan fingerprint density at radius 2 is 1.77 bits per heavy atom. The number of nitrogens with one attached hydrogen (secondary N) is 1. The van der Waals surface area contributed by atoms with Gasteiger partial charge >= 0.3 is 6.09 Å². The lowest BCUT2D eigenvalue weighted by Gasteiger charge is -2.15. The molecule has 4 aromatic rings. The number of aromatic nitrogens is 3. The number of nitrogens with zero attached hydrogens (tertiary/aromatic N) is 4. The minimum absolute atomic E-state index is 0.139. The molecule has 2 aromatic carbocycles. The second-order valence-electron chi connectivity index (χ2n) is 10.3. The Hall–Kier alpha value is -4.73. The number of nitrogens with two attached hydrogens (primary N) is 1. The van der Waals surface area contributed by atoms with Gasteiger partial charge in [-0.3, -0.25) is 4.79 Å². The molecule has 204 valence electrons. The first kappa shape index (κ1) is 25.5. The van der Waals surface area contributed by atoms with Crippen LogP contribution in [0.3, 0.4) is 0 Å². The number of anilines is 2. The average Bonchev–Trinajstić information content (AvgIpc) is 3.55. The van der Waals surface area contributed by atoms with Gasteiger partial charge in [-0.15, -0.1) is 0 Å². The van der Waals surface area contributed by atoms with Crippen LogP contribution in [0, 0.1) is 11.7 Å². The maximum atomic E-state index is 15.3. The molecule has 0 bridgehead atoms. The standard InChI is InChI=1S/C30H29FN6O3/c1-17(18-5-6-18)29(38)35-21-10-7-19(8-11-21)26-24(25-27(32)33-16-34-28(25)36(26)2)20-9-12-23(22(31)15-20)40-30(39)37-13-3-4-14-37/h7-12,15-16,18H,1,3-6,13-14H2,2H3,(H,35,38)(H2,32,33,34). The molecule has 1 aliphatic carbocycles. The minimum atomic E-state index is -0.669. The Bertz CT molecular complexity index is 1650. The summed E-state index contributed by atoms with van der Waals surface area (Å²) in [6.45, 7) is 5.13. The van der Waals surface area contributed by atoms with Crippen LogP contribution >= 0.6 is 0 Å². The van der Waals surface area contributed by atoms with Crippen LogP contribution in [-0.2, 0) is 11.8 Å². The molecular formula is C30H29FN6O3. The Morgan fingerprint density at radius 1 is 1.07 bits per heavy atom. The molecule has 0 atom stereocenters. The summed E-state index contributed by atoms with van der Waals surface area (Å²) in [5, 5.41) is 3.49. The Labute approximate surface area is 230 Å². The number of fused-ring (bicyclic) bond motifs is 1. The lowest BCUT2D eigenvalue weighted by atomic mass is 9.98. The number of carbonyl (C=O) groups excluding carboxylic acids is 2. The van der Waals surface area contributed by atoms with Gasteiger partial charge in [0, 0.05) is 37.0 Å². The van der Waals surface area contributed by atoms with E-state index in [9.17, 15) is 9.59 Å². The molecule has 0 spiro atoms. The first-order valence-electron chi connectivity index (χ1n) is 13.3. The maximum Gasteiger partial charge on any atom is 0.415 e. The van der Waals surface area contributed by atoms with E-state index in [0.717, 1.165) is 36.9 Å². The quantitative estimate of drug-likeness (QED) is 0.311. The number of benzene rings is 2. The normalized spacial score (nSPS) is 14.9. The van der Waals surface area contributed by atoms with Gasteiger partial charge in [0.25, 0.3) is 5.91 Å². The number of hydrogen-bond donors (Lipinski definition) is 2. The molecule has 2 fully saturated rings. The largest absolute Gasteiger partial charge is 0.415 e. The van der Waals surface area contributed by atoms with Gasteiger partial charge in [-0.25, -0.2) is 19.2 Å². The highest BCUT2D eigenvalue weighted by atomic mass is 19.1. The van der Waals surface area contributed by atoms with Crippen molar-refractivity contribution in [1.82, 2.24) is 19.4 Å². The summed E-state index contributed by atoms with van der Waals surface area (Å²) in [7, 11) is 1.85. The zero-order valence-corrected chi connectivity index (χ0v) is 22.1. The van der Waals surface area contributed by atoms with E-state index in [1.165, 1.54) is 18.5 Å². The topological polar surface area (TPSA) is 115 Å². The number of hydrogen-bond acceptors (Lipinski definition) is 6. The Morgan fingerprint density at radius 3 is 2.45 bits per heavy atom. The minimum Gasteiger partial charge on any atom is -0.407 e. The molecule has 2 aromatic heterocycles. The highest BCUT2D eigenvalue weighted by molar-refractivity contribution is 6.08.